The Kier molecular flexibility index (Phi) is 6.70. The predicted octanol–water partition coefficient (Wildman–Crippen LogP) is 4.44. The van der Waals surface area contributed by atoms with Gasteiger partial charge in [-0.25, -0.2) is 8.42 Å². The van der Waals surface area contributed by atoms with E-state index in [4.69, 9.17) is 0 Å². The van der Waals surface area contributed by atoms with Crippen LogP contribution in [0, 0.1) is 20.8 Å². The number of benzene rings is 3. The van der Waals surface area contributed by atoms with Gasteiger partial charge in [-0.3, -0.25) is 4.79 Å². The molecule has 3 aromatic carbocycles. The highest BCUT2D eigenvalue weighted by Gasteiger charge is 2.27. The summed E-state index contributed by atoms with van der Waals surface area (Å²) in [4.78, 5) is 12.9. The van der Waals surface area contributed by atoms with Crippen LogP contribution in [0.3, 0.4) is 0 Å². The number of hydrogen-bond acceptors (Lipinski definition) is 3. The lowest BCUT2D eigenvalue weighted by molar-refractivity contribution is -0.116. The minimum Gasteiger partial charge on any atom is -0.325 e. The van der Waals surface area contributed by atoms with Gasteiger partial charge in [-0.15, -0.1) is 0 Å². The fourth-order valence-corrected chi connectivity index (χ4v) is 4.43. The monoisotopic (exact) mass is 422 g/mol. The van der Waals surface area contributed by atoms with Crippen LogP contribution in [-0.4, -0.2) is 25.2 Å². The first-order valence-corrected chi connectivity index (χ1v) is 11.2. The lowest BCUT2D eigenvalue weighted by Gasteiger charge is -2.22. The maximum Gasteiger partial charge on any atom is 0.243 e. The second kappa shape index (κ2) is 9.24. The Labute approximate surface area is 178 Å². The van der Waals surface area contributed by atoms with E-state index in [0.717, 1.165) is 22.3 Å². The van der Waals surface area contributed by atoms with Crippen LogP contribution in [0.25, 0.3) is 0 Å². The Hall–Kier alpha value is -2.96. The summed E-state index contributed by atoms with van der Waals surface area (Å²) in [6.07, 6.45) is 0. The molecule has 0 aromatic heterocycles. The highest BCUT2D eigenvalue weighted by Crippen LogP contribution is 2.20. The molecule has 3 rings (SSSR count). The third-order valence-electron chi connectivity index (χ3n) is 4.88. The first-order chi connectivity index (χ1) is 14.3. The van der Waals surface area contributed by atoms with Gasteiger partial charge in [0, 0.05) is 12.2 Å². The molecule has 1 amide bonds. The Morgan fingerprint density at radius 1 is 0.833 bits per heavy atom. The topological polar surface area (TPSA) is 66.5 Å². The summed E-state index contributed by atoms with van der Waals surface area (Å²) in [5.74, 6) is -0.382. The van der Waals surface area contributed by atoms with Gasteiger partial charge in [0.05, 0.1) is 11.4 Å². The SMILES string of the molecule is Cc1ccc(CN(CC(=O)Nc2ccccc2C)S(=O)(=O)c2ccc(C)cc2)cc1. The number of carbonyl (C=O) groups is 1. The molecule has 0 bridgehead atoms. The van der Waals surface area contributed by atoms with Crippen molar-refractivity contribution in [3.05, 3.63) is 95.1 Å². The van der Waals surface area contributed by atoms with Crippen molar-refractivity contribution < 1.29 is 13.2 Å². The van der Waals surface area contributed by atoms with Gasteiger partial charge >= 0.3 is 0 Å². The number of amides is 1. The van der Waals surface area contributed by atoms with Crippen molar-refractivity contribution in [1.29, 1.82) is 0 Å². The van der Waals surface area contributed by atoms with Crippen LogP contribution in [-0.2, 0) is 21.4 Å². The van der Waals surface area contributed by atoms with Crippen molar-refractivity contribution >= 4 is 21.6 Å². The van der Waals surface area contributed by atoms with E-state index < -0.39 is 10.0 Å². The Morgan fingerprint density at radius 3 is 2.00 bits per heavy atom. The molecule has 0 fully saturated rings. The summed E-state index contributed by atoms with van der Waals surface area (Å²) < 4.78 is 27.8. The van der Waals surface area contributed by atoms with Crippen molar-refractivity contribution in [2.45, 2.75) is 32.2 Å². The number of carbonyl (C=O) groups excluding carboxylic acids is 1. The molecule has 6 heteroatoms. The summed E-state index contributed by atoms with van der Waals surface area (Å²) >= 11 is 0. The Balaban J connectivity index is 1.88. The van der Waals surface area contributed by atoms with Gasteiger partial charge in [-0.2, -0.15) is 4.31 Å². The smallest absolute Gasteiger partial charge is 0.243 e. The third-order valence-corrected chi connectivity index (χ3v) is 6.68. The molecule has 3 aromatic rings. The lowest BCUT2D eigenvalue weighted by atomic mass is 10.1. The minimum atomic E-state index is -3.85. The maximum absolute atomic E-state index is 13.3. The molecule has 0 saturated carbocycles. The van der Waals surface area contributed by atoms with E-state index in [1.54, 1.807) is 30.3 Å². The van der Waals surface area contributed by atoms with E-state index in [0.29, 0.717) is 5.69 Å². The Bertz CT molecular complexity index is 1120. The molecule has 1 N–H and O–H groups in total. The van der Waals surface area contributed by atoms with E-state index in [2.05, 4.69) is 5.32 Å². The summed E-state index contributed by atoms with van der Waals surface area (Å²) in [6, 6.07) is 21.7. The molecule has 0 spiro atoms. The summed E-state index contributed by atoms with van der Waals surface area (Å²) in [7, 11) is -3.85. The van der Waals surface area contributed by atoms with Crippen LogP contribution in [0.2, 0.25) is 0 Å². The number of sulfonamides is 1. The van der Waals surface area contributed by atoms with Crippen LogP contribution in [0.4, 0.5) is 5.69 Å². The van der Waals surface area contributed by atoms with E-state index in [1.165, 1.54) is 4.31 Å². The standard InChI is InChI=1S/C24H26N2O3S/c1-18-8-12-21(13-9-18)16-26(30(28,29)22-14-10-19(2)11-15-22)17-24(27)25-23-7-5-4-6-20(23)3/h4-15H,16-17H2,1-3H3,(H,25,27). The maximum atomic E-state index is 13.3. The van der Waals surface area contributed by atoms with Crippen LogP contribution >= 0.6 is 0 Å². The normalized spacial score (nSPS) is 11.5. The molecule has 0 aliphatic heterocycles. The zero-order valence-electron chi connectivity index (χ0n) is 17.4. The fourth-order valence-electron chi connectivity index (χ4n) is 3.05. The van der Waals surface area contributed by atoms with Gasteiger partial charge < -0.3 is 5.32 Å². The van der Waals surface area contributed by atoms with E-state index in [-0.39, 0.29) is 23.9 Å². The van der Waals surface area contributed by atoms with Gasteiger partial charge in [0.1, 0.15) is 0 Å². The van der Waals surface area contributed by atoms with Crippen molar-refractivity contribution in [3.63, 3.8) is 0 Å². The van der Waals surface area contributed by atoms with Crippen LogP contribution in [0.15, 0.2) is 77.7 Å². The van der Waals surface area contributed by atoms with E-state index in [9.17, 15) is 13.2 Å². The molecule has 30 heavy (non-hydrogen) atoms. The number of rotatable bonds is 7. The van der Waals surface area contributed by atoms with Gasteiger partial charge in [-0.1, -0.05) is 65.7 Å². The van der Waals surface area contributed by atoms with E-state index in [1.807, 2.05) is 63.2 Å². The lowest BCUT2D eigenvalue weighted by Crippen LogP contribution is -2.37. The molecule has 0 saturated heterocycles. The summed E-state index contributed by atoms with van der Waals surface area (Å²) in [5.41, 5.74) is 4.46. The molecule has 5 nitrogen and oxygen atoms in total. The van der Waals surface area contributed by atoms with Crippen molar-refractivity contribution in [3.8, 4) is 0 Å². The zero-order chi connectivity index (χ0) is 21.7. The van der Waals surface area contributed by atoms with Crippen LogP contribution in [0.5, 0.6) is 0 Å². The highest BCUT2D eigenvalue weighted by molar-refractivity contribution is 7.89. The quantitative estimate of drug-likeness (QED) is 0.612. The third kappa shape index (κ3) is 5.34. The highest BCUT2D eigenvalue weighted by atomic mass is 32.2. The largest absolute Gasteiger partial charge is 0.325 e. The molecule has 156 valence electrons. The van der Waals surface area contributed by atoms with Crippen LogP contribution < -0.4 is 5.32 Å². The predicted molar refractivity (Wildman–Crippen MR) is 120 cm³/mol. The fraction of sp³-hybridized carbons (Fsp3) is 0.208. The average molecular weight is 423 g/mol. The zero-order valence-corrected chi connectivity index (χ0v) is 18.2. The van der Waals surface area contributed by atoms with Gasteiger partial charge in [0.25, 0.3) is 0 Å². The first-order valence-electron chi connectivity index (χ1n) is 9.73. The van der Waals surface area contributed by atoms with Gasteiger partial charge in [-0.05, 0) is 50.1 Å². The summed E-state index contributed by atoms with van der Waals surface area (Å²) in [5, 5.41) is 2.82. The first kappa shape index (κ1) is 21.7. The molecular formula is C24H26N2O3S. The number of nitrogens with zero attached hydrogens (tertiary/aromatic N) is 1. The van der Waals surface area contributed by atoms with Crippen molar-refractivity contribution in [2.24, 2.45) is 0 Å². The summed E-state index contributed by atoms with van der Waals surface area (Å²) in [6.45, 7) is 5.59. The second-order valence-corrected chi connectivity index (χ2v) is 9.37. The minimum absolute atomic E-state index is 0.109. The molecule has 0 radical (unpaired) electrons. The molecule has 0 aliphatic carbocycles. The number of para-hydroxylation sites is 1. The number of hydrogen-bond donors (Lipinski definition) is 1. The van der Waals surface area contributed by atoms with Gasteiger partial charge in [0.15, 0.2) is 0 Å². The van der Waals surface area contributed by atoms with Crippen molar-refractivity contribution in [2.75, 3.05) is 11.9 Å². The number of anilines is 1. The van der Waals surface area contributed by atoms with Crippen LogP contribution in [0.1, 0.15) is 22.3 Å². The number of aryl methyl sites for hydroxylation is 3. The molecule has 0 heterocycles. The molecular weight excluding hydrogens is 396 g/mol. The molecule has 0 atom stereocenters. The van der Waals surface area contributed by atoms with E-state index >= 15 is 0 Å². The molecule has 0 unspecified atom stereocenters. The van der Waals surface area contributed by atoms with Crippen molar-refractivity contribution in [1.82, 2.24) is 4.31 Å². The number of nitrogens with one attached hydrogen (secondary N) is 1. The average Bonchev–Trinajstić information content (AvgIpc) is 2.71. The van der Waals surface area contributed by atoms with Gasteiger partial charge in [0.2, 0.25) is 15.9 Å². The molecule has 0 aliphatic rings. The second-order valence-electron chi connectivity index (χ2n) is 7.43. The Morgan fingerprint density at radius 2 is 1.40 bits per heavy atom.